The van der Waals surface area contributed by atoms with Crippen LogP contribution in [0.15, 0.2) is 24.3 Å². The van der Waals surface area contributed by atoms with Gasteiger partial charge in [-0.3, -0.25) is 0 Å². The molecule has 1 aromatic carbocycles. The van der Waals surface area contributed by atoms with Crippen molar-refractivity contribution in [2.24, 2.45) is 0 Å². The minimum absolute atomic E-state index is 0.0308. The van der Waals surface area contributed by atoms with Gasteiger partial charge in [-0.15, -0.1) is 0 Å². The summed E-state index contributed by atoms with van der Waals surface area (Å²) < 4.78 is 5.93. The van der Waals surface area contributed by atoms with Gasteiger partial charge in [0.1, 0.15) is 0 Å². The maximum Gasteiger partial charge on any atom is 0.0755 e. The molecule has 1 atom stereocenters. The van der Waals surface area contributed by atoms with Gasteiger partial charge in [-0.05, 0) is 44.4 Å². The molecule has 0 saturated carbocycles. The number of hydrogen-bond acceptors (Lipinski definition) is 3. The van der Waals surface area contributed by atoms with Crippen LogP contribution in [0.2, 0.25) is 0 Å². The Morgan fingerprint density at radius 1 is 1.39 bits per heavy atom. The summed E-state index contributed by atoms with van der Waals surface area (Å²) in [4.78, 5) is 0. The van der Waals surface area contributed by atoms with Crippen molar-refractivity contribution in [2.45, 2.75) is 44.8 Å². The Kier molecular flexibility index (Phi) is 3.88. The van der Waals surface area contributed by atoms with Gasteiger partial charge in [0, 0.05) is 12.2 Å². The minimum Gasteiger partial charge on any atom is -0.382 e. The molecule has 18 heavy (non-hydrogen) atoms. The molecule has 0 amide bonds. The van der Waals surface area contributed by atoms with Crippen LogP contribution in [-0.2, 0) is 11.2 Å². The Bertz CT molecular complexity index is 431. The lowest BCUT2D eigenvalue weighted by Gasteiger charge is -2.19. The van der Waals surface area contributed by atoms with Crippen molar-refractivity contribution < 1.29 is 4.74 Å². The first-order chi connectivity index (χ1) is 8.59. The van der Waals surface area contributed by atoms with E-state index in [1.54, 1.807) is 0 Å². The predicted molar refractivity (Wildman–Crippen MR) is 72.4 cm³/mol. The van der Waals surface area contributed by atoms with E-state index >= 15 is 0 Å². The summed E-state index contributed by atoms with van der Waals surface area (Å²) in [5.41, 5.74) is 2.18. The number of anilines is 1. The molecule has 96 valence electrons. The summed E-state index contributed by atoms with van der Waals surface area (Å²) >= 11 is 0. The highest BCUT2D eigenvalue weighted by molar-refractivity contribution is 5.45. The number of nitriles is 1. The molecule has 0 aromatic heterocycles. The van der Waals surface area contributed by atoms with Crippen LogP contribution < -0.4 is 5.32 Å². The topological polar surface area (TPSA) is 45.0 Å². The van der Waals surface area contributed by atoms with Crippen molar-refractivity contribution in [2.75, 3.05) is 11.9 Å². The molecule has 1 fully saturated rings. The molecular formula is C15H20N2O. The van der Waals surface area contributed by atoms with E-state index in [1.165, 1.54) is 0 Å². The SMILES string of the molecule is CC1(C)CCC(CNc2ccc(CC#N)cc2)O1. The smallest absolute Gasteiger partial charge is 0.0755 e. The van der Waals surface area contributed by atoms with E-state index in [0.29, 0.717) is 12.5 Å². The van der Waals surface area contributed by atoms with Gasteiger partial charge < -0.3 is 10.1 Å². The molecule has 3 heteroatoms. The minimum atomic E-state index is 0.0308. The standard InChI is InChI=1S/C15H20N2O/c1-15(2)9-7-14(18-15)11-17-13-5-3-12(4-6-13)8-10-16/h3-6,14,17H,7-9,11H2,1-2H3. The first kappa shape index (κ1) is 12.9. The molecule has 0 spiro atoms. The fourth-order valence-corrected chi connectivity index (χ4v) is 2.28. The number of hydrogen-bond donors (Lipinski definition) is 1. The number of ether oxygens (including phenoxy) is 1. The zero-order valence-corrected chi connectivity index (χ0v) is 11.1. The van der Waals surface area contributed by atoms with Gasteiger partial charge in [0.15, 0.2) is 0 Å². The highest BCUT2D eigenvalue weighted by Gasteiger charge is 2.31. The van der Waals surface area contributed by atoms with Crippen molar-refractivity contribution >= 4 is 5.69 Å². The number of nitrogens with one attached hydrogen (secondary N) is 1. The van der Waals surface area contributed by atoms with Crippen LogP contribution in [0.3, 0.4) is 0 Å². The Hall–Kier alpha value is -1.53. The number of rotatable bonds is 4. The van der Waals surface area contributed by atoms with Crippen molar-refractivity contribution in [1.82, 2.24) is 0 Å². The van der Waals surface area contributed by atoms with Crippen LogP contribution >= 0.6 is 0 Å². The molecule has 1 saturated heterocycles. The molecule has 1 heterocycles. The largest absolute Gasteiger partial charge is 0.382 e. The van der Waals surface area contributed by atoms with Crippen molar-refractivity contribution in [3.05, 3.63) is 29.8 Å². The lowest BCUT2D eigenvalue weighted by Crippen LogP contribution is -2.24. The fraction of sp³-hybridized carbons (Fsp3) is 0.533. The van der Waals surface area contributed by atoms with Crippen LogP contribution in [0.25, 0.3) is 0 Å². The third-order valence-corrected chi connectivity index (χ3v) is 3.33. The van der Waals surface area contributed by atoms with Crippen LogP contribution in [0.1, 0.15) is 32.3 Å². The molecular weight excluding hydrogens is 224 g/mol. The molecule has 1 N–H and O–H groups in total. The monoisotopic (exact) mass is 244 g/mol. The normalized spacial score (nSPS) is 21.5. The second kappa shape index (κ2) is 5.41. The molecule has 0 radical (unpaired) electrons. The van der Waals surface area contributed by atoms with Crippen molar-refractivity contribution in [3.63, 3.8) is 0 Å². The zero-order chi connectivity index (χ0) is 13.0. The van der Waals surface area contributed by atoms with E-state index in [9.17, 15) is 0 Å². The van der Waals surface area contributed by atoms with Crippen LogP contribution in [0.5, 0.6) is 0 Å². The van der Waals surface area contributed by atoms with Gasteiger partial charge >= 0.3 is 0 Å². The summed E-state index contributed by atoms with van der Waals surface area (Å²) in [6.07, 6.45) is 3.02. The maximum absolute atomic E-state index is 8.60. The maximum atomic E-state index is 8.60. The lowest BCUT2D eigenvalue weighted by atomic mass is 10.1. The molecule has 3 nitrogen and oxygen atoms in total. The van der Waals surface area contributed by atoms with Gasteiger partial charge in [0.25, 0.3) is 0 Å². The summed E-state index contributed by atoms with van der Waals surface area (Å²) in [5.74, 6) is 0. The Balaban J connectivity index is 1.82. The summed E-state index contributed by atoms with van der Waals surface area (Å²) in [6.45, 7) is 5.13. The Labute approximate surface area is 109 Å². The van der Waals surface area contributed by atoms with Gasteiger partial charge in [-0.2, -0.15) is 5.26 Å². The molecule has 0 aliphatic carbocycles. The van der Waals surface area contributed by atoms with Gasteiger partial charge in [-0.25, -0.2) is 0 Å². The van der Waals surface area contributed by atoms with Crippen LogP contribution in [-0.4, -0.2) is 18.2 Å². The van der Waals surface area contributed by atoms with E-state index in [1.807, 2.05) is 24.3 Å². The predicted octanol–water partition coefficient (Wildman–Crippen LogP) is 3.12. The average Bonchev–Trinajstić information content (AvgIpc) is 2.69. The third kappa shape index (κ3) is 3.48. The van der Waals surface area contributed by atoms with Gasteiger partial charge in [-0.1, -0.05) is 12.1 Å². The highest BCUT2D eigenvalue weighted by atomic mass is 16.5. The molecule has 1 aliphatic heterocycles. The molecule has 1 aromatic rings. The van der Waals surface area contributed by atoms with Gasteiger partial charge in [0.2, 0.25) is 0 Å². The molecule has 0 bridgehead atoms. The van der Waals surface area contributed by atoms with E-state index < -0.39 is 0 Å². The summed E-state index contributed by atoms with van der Waals surface area (Å²) in [5, 5.41) is 12.0. The van der Waals surface area contributed by atoms with Crippen molar-refractivity contribution in [3.8, 4) is 6.07 Å². The van der Waals surface area contributed by atoms with Crippen molar-refractivity contribution in [1.29, 1.82) is 5.26 Å². The lowest BCUT2D eigenvalue weighted by molar-refractivity contribution is -0.00910. The first-order valence-corrected chi connectivity index (χ1v) is 6.47. The fourth-order valence-electron chi connectivity index (χ4n) is 2.28. The molecule has 1 unspecified atom stereocenters. The second-order valence-electron chi connectivity index (χ2n) is 5.45. The molecule has 2 rings (SSSR count). The van der Waals surface area contributed by atoms with Crippen LogP contribution in [0, 0.1) is 11.3 Å². The highest BCUT2D eigenvalue weighted by Crippen LogP contribution is 2.29. The van der Waals surface area contributed by atoms with E-state index in [-0.39, 0.29) is 5.60 Å². The third-order valence-electron chi connectivity index (χ3n) is 3.33. The number of nitrogens with zero attached hydrogens (tertiary/aromatic N) is 1. The average molecular weight is 244 g/mol. The summed E-state index contributed by atoms with van der Waals surface area (Å²) in [7, 11) is 0. The van der Waals surface area contributed by atoms with E-state index in [2.05, 4.69) is 25.2 Å². The molecule has 1 aliphatic rings. The summed E-state index contributed by atoms with van der Waals surface area (Å²) in [6, 6.07) is 10.2. The Morgan fingerprint density at radius 2 is 2.11 bits per heavy atom. The first-order valence-electron chi connectivity index (χ1n) is 6.47. The van der Waals surface area contributed by atoms with Crippen LogP contribution in [0.4, 0.5) is 5.69 Å². The van der Waals surface area contributed by atoms with E-state index in [4.69, 9.17) is 10.00 Å². The van der Waals surface area contributed by atoms with E-state index in [0.717, 1.165) is 30.6 Å². The number of benzene rings is 1. The quantitative estimate of drug-likeness (QED) is 0.885. The van der Waals surface area contributed by atoms with Gasteiger partial charge in [0.05, 0.1) is 24.2 Å². The zero-order valence-electron chi connectivity index (χ0n) is 11.1. The second-order valence-corrected chi connectivity index (χ2v) is 5.45. The Morgan fingerprint density at radius 3 is 2.67 bits per heavy atom.